The first-order valence-corrected chi connectivity index (χ1v) is 6.97. The van der Waals surface area contributed by atoms with Crippen molar-refractivity contribution in [3.8, 4) is 0 Å². The summed E-state index contributed by atoms with van der Waals surface area (Å²) in [5.41, 5.74) is 2.72. The third kappa shape index (κ3) is 2.00. The SMILES string of the molecule is CCC(=O)Sc1c(C)nc2nc3cccccc3n12. The number of thioether (sulfide) groups is 1. The van der Waals surface area contributed by atoms with Gasteiger partial charge in [0.1, 0.15) is 5.03 Å². The number of imidazole rings is 2. The first kappa shape index (κ1) is 12.2. The summed E-state index contributed by atoms with van der Waals surface area (Å²) in [7, 11) is 0. The Hall–Kier alpha value is -1.88. The van der Waals surface area contributed by atoms with Gasteiger partial charge in [-0.25, -0.2) is 9.97 Å². The highest BCUT2D eigenvalue weighted by atomic mass is 32.2. The van der Waals surface area contributed by atoms with Gasteiger partial charge in [0.15, 0.2) is 5.12 Å². The minimum Gasteiger partial charge on any atom is -0.287 e. The van der Waals surface area contributed by atoms with Crippen LogP contribution in [0.2, 0.25) is 0 Å². The van der Waals surface area contributed by atoms with Crippen LogP contribution in [0.4, 0.5) is 0 Å². The fourth-order valence-electron chi connectivity index (χ4n) is 2.01. The van der Waals surface area contributed by atoms with Gasteiger partial charge in [-0.05, 0) is 30.8 Å². The van der Waals surface area contributed by atoms with Gasteiger partial charge in [-0.3, -0.25) is 9.20 Å². The van der Waals surface area contributed by atoms with Crippen LogP contribution in [0.25, 0.3) is 16.8 Å². The second-order valence-electron chi connectivity index (χ2n) is 4.26. The number of carbonyl (C=O) groups is 1. The zero-order chi connectivity index (χ0) is 13.4. The van der Waals surface area contributed by atoms with Gasteiger partial charge in [0.25, 0.3) is 0 Å². The molecule has 2 heterocycles. The molecule has 1 aromatic carbocycles. The molecule has 0 saturated heterocycles. The second kappa shape index (κ2) is 4.66. The first-order valence-electron chi connectivity index (χ1n) is 6.15. The summed E-state index contributed by atoms with van der Waals surface area (Å²) < 4.78 is 1.96. The molecule has 0 aliphatic carbocycles. The van der Waals surface area contributed by atoms with Gasteiger partial charge in [0, 0.05) is 6.42 Å². The average Bonchev–Trinajstić information content (AvgIpc) is 2.76. The average molecular weight is 271 g/mol. The molecule has 0 bridgehead atoms. The lowest BCUT2D eigenvalue weighted by Gasteiger charge is -1.99. The molecule has 4 nitrogen and oxygen atoms in total. The van der Waals surface area contributed by atoms with Crippen molar-refractivity contribution in [2.75, 3.05) is 0 Å². The topological polar surface area (TPSA) is 47.3 Å². The van der Waals surface area contributed by atoms with Crippen LogP contribution in [-0.4, -0.2) is 19.5 Å². The van der Waals surface area contributed by atoms with Crippen molar-refractivity contribution in [2.24, 2.45) is 0 Å². The highest BCUT2D eigenvalue weighted by molar-refractivity contribution is 8.13. The van der Waals surface area contributed by atoms with Crippen LogP contribution in [0.5, 0.6) is 0 Å². The molecule has 0 aliphatic heterocycles. The number of fused-ring (bicyclic) bond motifs is 3. The van der Waals surface area contributed by atoms with Gasteiger partial charge < -0.3 is 0 Å². The lowest BCUT2D eigenvalue weighted by atomic mass is 10.4. The van der Waals surface area contributed by atoms with Crippen molar-refractivity contribution in [2.45, 2.75) is 25.3 Å². The van der Waals surface area contributed by atoms with E-state index < -0.39 is 0 Å². The number of carbonyl (C=O) groups excluding carboxylic acids is 1. The number of rotatable bonds is 2. The Bertz CT molecular complexity index is 779. The summed E-state index contributed by atoms with van der Waals surface area (Å²) in [5.74, 6) is 0.658. The van der Waals surface area contributed by atoms with Crippen molar-refractivity contribution in [3.63, 3.8) is 0 Å². The third-order valence-electron chi connectivity index (χ3n) is 2.93. The summed E-state index contributed by atoms with van der Waals surface area (Å²) in [4.78, 5) is 20.6. The van der Waals surface area contributed by atoms with Crippen molar-refractivity contribution >= 4 is 33.7 Å². The summed E-state index contributed by atoms with van der Waals surface area (Å²) in [5, 5.41) is 1.01. The molecule has 3 rings (SSSR count). The number of hydrogen-bond donors (Lipinski definition) is 0. The van der Waals surface area contributed by atoms with E-state index in [1.165, 1.54) is 11.8 Å². The van der Waals surface area contributed by atoms with E-state index in [1.807, 2.05) is 48.6 Å². The molecule has 96 valence electrons. The van der Waals surface area contributed by atoms with E-state index in [9.17, 15) is 4.79 Å². The maximum Gasteiger partial charge on any atom is 0.236 e. The largest absolute Gasteiger partial charge is 0.287 e. The number of nitrogens with zero attached hydrogens (tertiary/aromatic N) is 3. The predicted octanol–water partition coefficient (Wildman–Crippen LogP) is 3.22. The molecule has 0 aliphatic rings. The molecule has 0 saturated carbocycles. The molecule has 3 aromatic rings. The van der Waals surface area contributed by atoms with E-state index in [1.54, 1.807) is 0 Å². The van der Waals surface area contributed by atoms with E-state index in [0.717, 1.165) is 21.8 Å². The zero-order valence-electron chi connectivity index (χ0n) is 10.8. The fourth-order valence-corrected chi connectivity index (χ4v) is 2.84. The van der Waals surface area contributed by atoms with Gasteiger partial charge in [-0.1, -0.05) is 25.1 Å². The van der Waals surface area contributed by atoms with Crippen LogP contribution in [0, 0.1) is 6.92 Å². The van der Waals surface area contributed by atoms with E-state index in [4.69, 9.17) is 0 Å². The third-order valence-corrected chi connectivity index (χ3v) is 4.12. The molecule has 2 aromatic heterocycles. The quantitative estimate of drug-likeness (QED) is 0.671. The smallest absolute Gasteiger partial charge is 0.236 e. The van der Waals surface area contributed by atoms with Crippen molar-refractivity contribution in [1.29, 1.82) is 0 Å². The summed E-state index contributed by atoms with van der Waals surface area (Å²) >= 11 is 1.24. The zero-order valence-corrected chi connectivity index (χ0v) is 11.6. The van der Waals surface area contributed by atoms with Gasteiger partial charge in [0.2, 0.25) is 5.78 Å². The molecular formula is C14H13N3OS. The van der Waals surface area contributed by atoms with Crippen LogP contribution in [-0.2, 0) is 4.79 Å². The molecule has 5 heteroatoms. The predicted molar refractivity (Wildman–Crippen MR) is 76.4 cm³/mol. The Balaban J connectivity index is 2.31. The molecule has 0 spiro atoms. The van der Waals surface area contributed by atoms with Crippen molar-refractivity contribution in [1.82, 2.24) is 14.4 Å². The molecular weight excluding hydrogens is 258 g/mol. The Morgan fingerprint density at radius 2 is 2.05 bits per heavy atom. The van der Waals surface area contributed by atoms with Crippen LogP contribution < -0.4 is 0 Å². The van der Waals surface area contributed by atoms with Crippen LogP contribution in [0.1, 0.15) is 19.0 Å². The molecule has 0 fully saturated rings. The number of hydrogen-bond acceptors (Lipinski definition) is 4. The molecule has 0 N–H and O–H groups in total. The Morgan fingerprint density at radius 3 is 2.84 bits per heavy atom. The van der Waals surface area contributed by atoms with E-state index in [0.29, 0.717) is 12.2 Å². The van der Waals surface area contributed by atoms with Gasteiger partial charge in [-0.15, -0.1) is 0 Å². The standard InChI is InChI=1S/C14H13N3OS/c1-3-12(18)19-13-9(2)15-14-16-10-7-5-4-6-8-11(10)17(13)14/h4-8H,3H2,1-2H3. The fraction of sp³-hybridized carbons (Fsp3) is 0.214. The Morgan fingerprint density at radius 1 is 1.26 bits per heavy atom. The lowest BCUT2D eigenvalue weighted by molar-refractivity contribution is -0.110. The minimum absolute atomic E-state index is 0.138. The number of aromatic nitrogens is 3. The Labute approximate surface area is 114 Å². The van der Waals surface area contributed by atoms with Crippen LogP contribution in [0.15, 0.2) is 35.4 Å². The van der Waals surface area contributed by atoms with E-state index in [2.05, 4.69) is 9.97 Å². The van der Waals surface area contributed by atoms with Gasteiger partial charge in [-0.2, -0.15) is 0 Å². The van der Waals surface area contributed by atoms with E-state index in [-0.39, 0.29) is 5.12 Å². The molecule has 19 heavy (non-hydrogen) atoms. The van der Waals surface area contributed by atoms with Crippen molar-refractivity contribution in [3.05, 3.63) is 36.0 Å². The normalized spacial score (nSPS) is 11.3. The van der Waals surface area contributed by atoms with Gasteiger partial charge in [0.05, 0.1) is 16.7 Å². The molecule has 0 radical (unpaired) electrons. The monoisotopic (exact) mass is 271 g/mol. The van der Waals surface area contributed by atoms with Crippen LogP contribution >= 0.6 is 11.8 Å². The second-order valence-corrected chi connectivity index (χ2v) is 5.30. The molecule has 0 unspecified atom stereocenters. The summed E-state index contributed by atoms with van der Waals surface area (Å²) in [6, 6.07) is 9.83. The highest BCUT2D eigenvalue weighted by Gasteiger charge is 2.16. The molecule has 0 amide bonds. The first-order chi connectivity index (χ1) is 9.20. The maximum absolute atomic E-state index is 11.7. The van der Waals surface area contributed by atoms with Crippen molar-refractivity contribution < 1.29 is 4.79 Å². The molecule has 0 atom stereocenters. The van der Waals surface area contributed by atoms with Crippen LogP contribution in [0.3, 0.4) is 0 Å². The maximum atomic E-state index is 11.7. The summed E-state index contributed by atoms with van der Waals surface area (Å²) in [6.07, 6.45) is 0.511. The number of aryl methyl sites for hydroxylation is 1. The summed E-state index contributed by atoms with van der Waals surface area (Å²) in [6.45, 7) is 3.78. The van der Waals surface area contributed by atoms with Gasteiger partial charge >= 0.3 is 0 Å². The van der Waals surface area contributed by atoms with E-state index >= 15 is 0 Å². The lowest BCUT2D eigenvalue weighted by Crippen LogP contribution is -1.92. The highest BCUT2D eigenvalue weighted by Crippen LogP contribution is 2.28. The Kier molecular flexibility index (Phi) is 2.98. The minimum atomic E-state index is 0.138.